The summed E-state index contributed by atoms with van der Waals surface area (Å²) in [6, 6.07) is 18.8. The highest BCUT2D eigenvalue weighted by Crippen LogP contribution is 2.23. The third-order valence-electron chi connectivity index (χ3n) is 5.42. The van der Waals surface area contributed by atoms with Crippen LogP contribution in [-0.2, 0) is 4.74 Å². The minimum Gasteiger partial charge on any atom is -0.375 e. The molecule has 0 radical (unpaired) electrons. The van der Waals surface area contributed by atoms with Crippen molar-refractivity contribution < 1.29 is 10.1 Å². The molecule has 2 N–H and O–H groups in total. The summed E-state index contributed by atoms with van der Waals surface area (Å²) in [4.78, 5) is 0. The summed E-state index contributed by atoms with van der Waals surface area (Å²) in [5, 5.41) is 4.10. The van der Waals surface area contributed by atoms with E-state index in [1.54, 1.807) is 6.92 Å². The first-order chi connectivity index (χ1) is 15.4. The number of rotatable bonds is 4. The lowest BCUT2D eigenvalue weighted by molar-refractivity contribution is -0.735. The number of terminal acetylenes is 1. The van der Waals surface area contributed by atoms with Gasteiger partial charge in [0.05, 0.1) is 6.61 Å². The second-order valence-electron chi connectivity index (χ2n) is 8.35. The van der Waals surface area contributed by atoms with Gasteiger partial charge >= 0.3 is 0 Å². The van der Waals surface area contributed by atoms with Gasteiger partial charge in [0.1, 0.15) is 12.1 Å². The van der Waals surface area contributed by atoms with Crippen molar-refractivity contribution in [1.82, 2.24) is 0 Å². The van der Waals surface area contributed by atoms with Crippen LogP contribution in [0, 0.1) is 24.2 Å². The molecule has 0 aromatic heterocycles. The van der Waals surface area contributed by atoms with E-state index in [-0.39, 0.29) is 0 Å². The van der Waals surface area contributed by atoms with Crippen LogP contribution >= 0.6 is 23.2 Å². The summed E-state index contributed by atoms with van der Waals surface area (Å²) in [6.45, 7) is 11.8. The molecule has 0 bridgehead atoms. The molecule has 0 aliphatic carbocycles. The molecule has 2 nitrogen and oxygen atoms in total. The fraction of sp³-hybridized carbons (Fsp3) is 0.429. The highest BCUT2D eigenvalue weighted by atomic mass is 35.5. The van der Waals surface area contributed by atoms with Crippen molar-refractivity contribution in [3.05, 3.63) is 82.9 Å². The largest absolute Gasteiger partial charge is 0.375 e. The lowest BCUT2D eigenvalue weighted by atomic mass is 9.93. The molecule has 1 saturated heterocycles. The van der Waals surface area contributed by atoms with Gasteiger partial charge in [-0.25, -0.2) is 0 Å². The zero-order valence-corrected chi connectivity index (χ0v) is 21.2. The molecule has 3 atom stereocenters. The lowest BCUT2D eigenvalue weighted by Gasteiger charge is -2.24. The molecule has 32 heavy (non-hydrogen) atoms. The molecule has 4 heteroatoms. The maximum absolute atomic E-state index is 6.04. The van der Waals surface area contributed by atoms with Crippen LogP contribution in [0.5, 0.6) is 0 Å². The number of benzene rings is 2. The van der Waals surface area contributed by atoms with Gasteiger partial charge in [0.2, 0.25) is 0 Å². The van der Waals surface area contributed by atoms with Crippen molar-refractivity contribution in [2.75, 3.05) is 13.2 Å². The van der Waals surface area contributed by atoms with E-state index in [4.69, 9.17) is 27.9 Å². The Morgan fingerprint density at radius 3 is 2.16 bits per heavy atom. The molecule has 2 aromatic rings. The Hall–Kier alpha value is -1.76. The number of hydrogen-bond acceptors (Lipinski definition) is 1. The molecule has 1 aliphatic heterocycles. The number of halogens is 2. The van der Waals surface area contributed by atoms with E-state index in [2.05, 4.69) is 50.2 Å². The Kier molecular flexibility index (Phi) is 14.9. The molecule has 1 fully saturated rings. The SMILES string of the molecule is C#CC.C=CCC1CC[C@@H](c2ccc(Cl)cc2)[NH2+]C(C(C)C)COC1.Clc1ccccc1. The van der Waals surface area contributed by atoms with Gasteiger partial charge in [0, 0.05) is 34.6 Å². The van der Waals surface area contributed by atoms with Gasteiger partial charge in [-0.2, -0.15) is 0 Å². The van der Waals surface area contributed by atoms with Gasteiger partial charge in [-0.05, 0) is 49.9 Å². The monoisotopic (exact) mass is 474 g/mol. The predicted octanol–water partition coefficient (Wildman–Crippen LogP) is 6.95. The van der Waals surface area contributed by atoms with Gasteiger partial charge in [0.15, 0.2) is 0 Å². The van der Waals surface area contributed by atoms with E-state index < -0.39 is 0 Å². The standard InChI is InChI=1S/C19H28ClNO.C6H5Cl.C3H4/c1-4-5-15-6-11-18(16-7-9-17(20)10-8-16)21-19(14(2)3)13-22-12-15;7-6-4-2-1-3-5-6;1-3-2/h4,7-10,14-15,18-19,21H,1,5-6,11-13H2,2-3H3;1-5H;1H,2H3/p+1/t15?,18-,19?;;/m0../s1. The van der Waals surface area contributed by atoms with Gasteiger partial charge in [-0.3, -0.25) is 0 Å². The van der Waals surface area contributed by atoms with Crippen LogP contribution in [0.25, 0.3) is 0 Å². The second kappa shape index (κ2) is 16.8. The van der Waals surface area contributed by atoms with Crippen molar-refractivity contribution in [1.29, 1.82) is 0 Å². The Labute approximate surface area is 205 Å². The average Bonchev–Trinajstić information content (AvgIpc) is 2.87. The molecule has 2 unspecified atom stereocenters. The molecule has 0 spiro atoms. The van der Waals surface area contributed by atoms with E-state index in [1.807, 2.05) is 48.5 Å². The van der Waals surface area contributed by atoms with Crippen molar-refractivity contribution in [3.63, 3.8) is 0 Å². The summed E-state index contributed by atoms with van der Waals surface area (Å²) >= 11 is 11.6. The van der Waals surface area contributed by atoms with Crippen LogP contribution in [0.15, 0.2) is 67.3 Å². The van der Waals surface area contributed by atoms with Gasteiger partial charge in [-0.15, -0.1) is 18.9 Å². The number of allylic oxidation sites excluding steroid dienone is 1. The number of quaternary nitrogens is 1. The minimum absolute atomic E-state index is 0.485. The summed E-state index contributed by atoms with van der Waals surface area (Å²) < 4.78 is 6.00. The first kappa shape index (κ1) is 28.3. The molecular weight excluding hydrogens is 437 g/mol. The van der Waals surface area contributed by atoms with E-state index in [0.29, 0.717) is 23.9 Å². The fourth-order valence-corrected chi connectivity index (χ4v) is 3.83. The smallest absolute Gasteiger partial charge is 0.112 e. The molecule has 1 heterocycles. The van der Waals surface area contributed by atoms with E-state index in [0.717, 1.165) is 29.7 Å². The maximum atomic E-state index is 6.04. The fourth-order valence-electron chi connectivity index (χ4n) is 3.56. The van der Waals surface area contributed by atoms with Gasteiger partial charge in [-0.1, -0.05) is 73.5 Å². The van der Waals surface area contributed by atoms with Crippen LogP contribution in [0.3, 0.4) is 0 Å². The molecule has 174 valence electrons. The highest BCUT2D eigenvalue weighted by Gasteiger charge is 2.27. The first-order valence-electron chi connectivity index (χ1n) is 11.3. The molecule has 0 amide bonds. The van der Waals surface area contributed by atoms with Crippen LogP contribution in [-0.4, -0.2) is 19.3 Å². The zero-order chi connectivity index (χ0) is 23.8. The summed E-state index contributed by atoms with van der Waals surface area (Å²) in [5.41, 5.74) is 1.37. The van der Waals surface area contributed by atoms with Crippen LogP contribution < -0.4 is 5.32 Å². The summed E-state index contributed by atoms with van der Waals surface area (Å²) in [7, 11) is 0. The van der Waals surface area contributed by atoms with Crippen LogP contribution in [0.2, 0.25) is 10.0 Å². The van der Waals surface area contributed by atoms with Gasteiger partial charge < -0.3 is 10.1 Å². The second-order valence-corrected chi connectivity index (χ2v) is 9.22. The normalized spacial score (nSPS) is 20.7. The Bertz CT molecular complexity index is 783. The Morgan fingerprint density at radius 2 is 1.66 bits per heavy atom. The van der Waals surface area contributed by atoms with Gasteiger partial charge in [0.25, 0.3) is 0 Å². The van der Waals surface area contributed by atoms with Crippen molar-refractivity contribution in [3.8, 4) is 12.3 Å². The third-order valence-corrected chi connectivity index (χ3v) is 5.92. The van der Waals surface area contributed by atoms with E-state index >= 15 is 0 Å². The molecule has 1 aliphatic rings. The maximum Gasteiger partial charge on any atom is 0.112 e. The highest BCUT2D eigenvalue weighted by molar-refractivity contribution is 6.30. The number of ether oxygens (including phenoxy) is 1. The summed E-state index contributed by atoms with van der Waals surface area (Å²) in [6.07, 6.45) is 10.0. The molecule has 3 rings (SSSR count). The first-order valence-corrected chi connectivity index (χ1v) is 12.0. The zero-order valence-electron chi connectivity index (χ0n) is 19.6. The third kappa shape index (κ3) is 11.7. The molecule has 2 aromatic carbocycles. The Balaban J connectivity index is 0.000000424. The van der Waals surface area contributed by atoms with Crippen molar-refractivity contribution in [2.24, 2.45) is 11.8 Å². The topological polar surface area (TPSA) is 25.8 Å². The average molecular weight is 476 g/mol. The van der Waals surface area contributed by atoms with Crippen LogP contribution in [0.4, 0.5) is 0 Å². The van der Waals surface area contributed by atoms with Crippen molar-refractivity contribution in [2.45, 2.75) is 52.1 Å². The van der Waals surface area contributed by atoms with E-state index in [9.17, 15) is 0 Å². The lowest BCUT2D eigenvalue weighted by Crippen LogP contribution is -2.93. The molecule has 0 saturated carbocycles. The quantitative estimate of drug-likeness (QED) is 0.376. The molecular formula is C28H38Cl2NO+. The van der Waals surface area contributed by atoms with Crippen molar-refractivity contribution >= 4 is 23.2 Å². The van der Waals surface area contributed by atoms with E-state index in [1.165, 1.54) is 18.4 Å². The number of hydrogen-bond donors (Lipinski definition) is 1. The Morgan fingerprint density at radius 1 is 1.06 bits per heavy atom. The number of nitrogens with two attached hydrogens (primary N) is 1. The van der Waals surface area contributed by atoms with Crippen LogP contribution in [0.1, 0.15) is 51.6 Å². The minimum atomic E-state index is 0.485. The predicted molar refractivity (Wildman–Crippen MR) is 139 cm³/mol. The summed E-state index contributed by atoms with van der Waals surface area (Å²) in [5.74, 6) is 3.44.